The van der Waals surface area contributed by atoms with Gasteiger partial charge < -0.3 is 0 Å². The molecule has 0 spiro atoms. The van der Waals surface area contributed by atoms with Crippen LogP contribution in [0.5, 0.6) is 0 Å². The second kappa shape index (κ2) is 19800. The molecule has 0 atom stereocenters. The summed E-state index contributed by atoms with van der Waals surface area (Å²) in [5, 5.41) is 0. The molecule has 0 aliphatic carbocycles. The normalized spacial score (nSPS) is 0. The van der Waals surface area contributed by atoms with Crippen LogP contribution in [-0.4, -0.2) is 8.41 Å². The van der Waals surface area contributed by atoms with Gasteiger partial charge in [0.15, 0.2) is 0 Å². The van der Waals surface area contributed by atoms with E-state index in [0.717, 1.165) is 0 Å². The van der Waals surface area contributed by atoms with Gasteiger partial charge in [-0.2, -0.15) is 0 Å². The Kier molecular flexibility index (Phi) is 122000000. The minimum atomic E-state index is 0. The summed E-state index contributed by atoms with van der Waals surface area (Å²) < 4.78 is 0. The molecule has 6 heavy (non-hydrogen) atoms. The van der Waals surface area contributed by atoms with Crippen molar-refractivity contribution in [1.82, 2.24) is 0 Å². The van der Waals surface area contributed by atoms with Crippen LogP contribution in [0.15, 0.2) is 0 Å². The third kappa shape index (κ3) is 9060. The Morgan fingerprint density at radius 3 is 0.500 bits per heavy atom. The fourth-order valence-electron chi connectivity index (χ4n) is 0. The lowest BCUT2D eigenvalue weighted by molar-refractivity contribution is 2.50. The predicted octanol–water partition coefficient (Wildman–Crippen LogP) is 3.05. The third-order valence-corrected chi connectivity index (χ3v) is 0. The molecule has 0 saturated heterocycles. The molecule has 0 bridgehead atoms. The quantitative estimate of drug-likeness (QED) is 0.404. The molecule has 45 valence electrons. The van der Waals surface area contributed by atoms with E-state index in [1.54, 1.807) is 0 Å². The van der Waals surface area contributed by atoms with Crippen molar-refractivity contribution >= 4 is 8.41 Å². The van der Waals surface area contributed by atoms with Gasteiger partial charge in [0.05, 0.1) is 0 Å². The summed E-state index contributed by atoms with van der Waals surface area (Å²) >= 11 is 0. The molecule has 0 saturated carbocycles. The molecule has 0 aliphatic rings. The van der Waals surface area contributed by atoms with Crippen LogP contribution in [0.1, 0.15) is 38.6 Å². The van der Waals surface area contributed by atoms with Crippen LogP contribution < -0.4 is 0 Å². The van der Waals surface area contributed by atoms with Crippen LogP contribution >= 0.6 is 0 Å². The Morgan fingerprint density at radius 2 is 0.500 bits per heavy atom. The van der Waals surface area contributed by atoms with Gasteiger partial charge in [-0.1, -0.05) is 37.1 Å². The molecular weight excluding hydrogens is 70.9 g/mol. The Balaban J connectivity index is 0. The SMILES string of the molecule is C.C.C.C.C.[B].[HH]. The highest BCUT2D eigenvalue weighted by Crippen LogP contribution is 0.148. The zero-order valence-electron chi connectivity index (χ0n) is 0.577. The van der Waals surface area contributed by atoms with E-state index in [1.807, 2.05) is 0 Å². The first-order valence-electron chi connectivity index (χ1n) is 0. The maximum Gasteiger partial charge on any atom is 0 e. The van der Waals surface area contributed by atoms with Crippen molar-refractivity contribution in [3.63, 3.8) is 0 Å². The van der Waals surface area contributed by atoms with Crippen molar-refractivity contribution in [2.75, 3.05) is 0 Å². The molecular formula is C5H22B. The second-order valence-electron chi connectivity index (χ2n) is 0. The van der Waals surface area contributed by atoms with Crippen LogP contribution in [0.4, 0.5) is 0 Å². The highest BCUT2D eigenvalue weighted by atomic mass is 12.0. The average molecular weight is 93.0 g/mol. The lowest BCUT2D eigenvalue weighted by Gasteiger charge is -0.0786. The van der Waals surface area contributed by atoms with Crippen molar-refractivity contribution in [3.8, 4) is 0 Å². The van der Waals surface area contributed by atoms with Gasteiger partial charge in [-0.15, -0.1) is 0 Å². The largest absolute Gasteiger partial charge is 0.0776 e. The van der Waals surface area contributed by atoms with Gasteiger partial charge in [0.25, 0.3) is 0 Å². The second-order valence-corrected chi connectivity index (χ2v) is 0. The standard InChI is InChI=1S/5CH4.B.H2/h5*1H4;;1H. The molecule has 0 aliphatic heterocycles. The molecule has 0 aromatic carbocycles. The van der Waals surface area contributed by atoms with Crippen LogP contribution in [0.2, 0.25) is 0 Å². The molecule has 3 radical (unpaired) electrons. The van der Waals surface area contributed by atoms with Crippen molar-refractivity contribution < 1.29 is 1.43 Å². The van der Waals surface area contributed by atoms with E-state index >= 15 is 0 Å². The lowest BCUT2D eigenvalue weighted by Crippen LogP contribution is -0.381. The maximum absolute atomic E-state index is 0. The molecule has 0 nitrogen and oxygen atoms in total. The summed E-state index contributed by atoms with van der Waals surface area (Å²) in [5.74, 6) is 0. The van der Waals surface area contributed by atoms with Crippen molar-refractivity contribution in [1.29, 1.82) is 0 Å². The van der Waals surface area contributed by atoms with E-state index in [-0.39, 0.29) is 47.0 Å². The van der Waals surface area contributed by atoms with Gasteiger partial charge in [0, 0.05) is 9.84 Å². The van der Waals surface area contributed by atoms with Crippen LogP contribution in [0.25, 0.3) is 0 Å². The minimum Gasteiger partial charge on any atom is -0.0776 e. The molecule has 0 aromatic heterocycles. The molecule has 0 aromatic rings. The van der Waals surface area contributed by atoms with E-state index in [4.69, 9.17) is 0 Å². The van der Waals surface area contributed by atoms with E-state index in [1.165, 1.54) is 0 Å². The van der Waals surface area contributed by atoms with Crippen LogP contribution in [-0.2, 0) is 0 Å². The van der Waals surface area contributed by atoms with Gasteiger partial charge >= 0.3 is 0 Å². The average Bonchev–Trinajstić information content (AvgIpc) is 0. The zero-order valence-corrected chi connectivity index (χ0v) is 0.577. The molecule has 0 unspecified atom stereocenters. The third-order valence-electron chi connectivity index (χ3n) is 0. The number of rotatable bonds is 0. The Hall–Kier alpha value is 0.0649. The fraction of sp³-hybridized carbons (Fsp3) is 1.00. The van der Waals surface area contributed by atoms with Crippen LogP contribution in [0, 0.1) is 0 Å². The van der Waals surface area contributed by atoms with Crippen molar-refractivity contribution in [2.24, 2.45) is 0 Å². The van der Waals surface area contributed by atoms with Gasteiger partial charge in [-0.3, -0.25) is 0 Å². The van der Waals surface area contributed by atoms with E-state index in [0.29, 0.717) is 0 Å². The maximum atomic E-state index is 0. The first kappa shape index (κ1) is 36900. The number of hydrogen-bond donors (Lipinski definition) is 0. The lowest BCUT2D eigenvalue weighted by atomic mass is 10.8. The van der Waals surface area contributed by atoms with Gasteiger partial charge in [-0.05, 0) is 0 Å². The van der Waals surface area contributed by atoms with Gasteiger partial charge in [0.2, 0.25) is 0 Å². The van der Waals surface area contributed by atoms with E-state index < -0.39 is 0 Å². The molecule has 1 heteroatoms. The summed E-state index contributed by atoms with van der Waals surface area (Å²) in [6.07, 6.45) is 0. The Labute approximate surface area is 48.0 Å². The zero-order chi connectivity index (χ0) is 0. The first-order chi connectivity index (χ1) is 0. The Bertz CT molecular complexity index is 8.04. The Morgan fingerprint density at radius 1 is 0.500 bits per heavy atom. The molecule has 0 N–H and O–H groups in total. The topological polar surface area (TPSA) is 0 Å². The highest BCUT2D eigenvalue weighted by Gasteiger charge is 0.0000679. The molecule has 0 fully saturated rings. The molecule has 0 rings (SSSR count). The summed E-state index contributed by atoms with van der Waals surface area (Å²) in [6, 6.07) is 0. The smallest absolute Gasteiger partial charge is 0 e. The predicted molar refractivity (Wildman–Crippen MR) is 41.5 cm³/mol. The minimum absolute atomic E-state index is 0. The summed E-state index contributed by atoms with van der Waals surface area (Å²) in [5.41, 5.74) is 0. The number of hydrogen-bond acceptors (Lipinski definition) is 0. The molecule has 0 amide bonds. The van der Waals surface area contributed by atoms with E-state index in [9.17, 15) is 0 Å². The highest BCUT2D eigenvalue weighted by molar-refractivity contribution is 5.75. The summed E-state index contributed by atoms with van der Waals surface area (Å²) in [7, 11) is 0. The van der Waals surface area contributed by atoms with Crippen molar-refractivity contribution in [3.05, 3.63) is 0 Å². The fourth-order valence-corrected chi connectivity index (χ4v) is 0. The van der Waals surface area contributed by atoms with Crippen LogP contribution in [0.3, 0.4) is 0 Å². The first-order valence-corrected chi connectivity index (χ1v) is 0. The summed E-state index contributed by atoms with van der Waals surface area (Å²) in [4.78, 5) is 0. The summed E-state index contributed by atoms with van der Waals surface area (Å²) in [6.45, 7) is 0. The van der Waals surface area contributed by atoms with Crippen molar-refractivity contribution in [2.45, 2.75) is 37.1 Å². The van der Waals surface area contributed by atoms with Gasteiger partial charge in [0.1, 0.15) is 0 Å². The van der Waals surface area contributed by atoms with E-state index in [2.05, 4.69) is 0 Å². The monoisotopic (exact) mass is 93.2 g/mol. The van der Waals surface area contributed by atoms with Gasteiger partial charge in [-0.25, -0.2) is 0 Å². The molecule has 0 heterocycles.